The highest BCUT2D eigenvalue weighted by Gasteiger charge is 2.20. The van der Waals surface area contributed by atoms with Crippen LogP contribution in [0.1, 0.15) is 45.4 Å². The lowest BCUT2D eigenvalue weighted by Gasteiger charge is -2.09. The van der Waals surface area contributed by atoms with Gasteiger partial charge in [0.25, 0.3) is 0 Å². The van der Waals surface area contributed by atoms with Crippen molar-refractivity contribution >= 4 is 47.6 Å². The number of halogens is 1. The van der Waals surface area contributed by atoms with Crippen molar-refractivity contribution < 1.29 is 0 Å². The Kier molecular flexibility index (Phi) is 6.00. The standard InChI is InChI=1S/C13H19IS2/c1-2-3-4-5-6-11-7-8-12(16-11)13-9-14-10-15-13/h8-11H,2-7H2,1H3. The number of unbranched alkanes of at least 4 members (excludes halogenated alkanes) is 3. The molecule has 2 aliphatic heterocycles. The molecule has 90 valence electrons. The highest BCUT2D eigenvalue weighted by Crippen LogP contribution is 2.45. The molecule has 16 heavy (non-hydrogen) atoms. The van der Waals surface area contributed by atoms with Crippen LogP contribution in [-0.4, -0.2) is 8.59 Å². The van der Waals surface area contributed by atoms with E-state index in [1.165, 1.54) is 38.5 Å². The maximum Gasteiger partial charge on any atom is 0.0310 e. The van der Waals surface area contributed by atoms with E-state index >= 15 is 0 Å². The van der Waals surface area contributed by atoms with Crippen LogP contribution >= 0.6 is 44.3 Å². The Morgan fingerprint density at radius 3 is 3.00 bits per heavy atom. The average molecular weight is 366 g/mol. The lowest BCUT2D eigenvalue weighted by Crippen LogP contribution is -1.96. The molecule has 0 spiro atoms. The SMILES string of the molecule is CCCCCCC1CC=C(C2=CI=CS2)S1. The van der Waals surface area contributed by atoms with Crippen LogP contribution in [0, 0.1) is 0 Å². The molecule has 0 saturated carbocycles. The fraction of sp³-hybridized carbons (Fsp3) is 0.615. The largest absolute Gasteiger partial charge is 0.122 e. The second-order valence-electron chi connectivity index (χ2n) is 4.20. The number of rotatable bonds is 6. The molecule has 0 aliphatic carbocycles. The second-order valence-corrected chi connectivity index (χ2v) is 9.26. The monoisotopic (exact) mass is 366 g/mol. The molecule has 2 rings (SSSR count). The van der Waals surface area contributed by atoms with Gasteiger partial charge >= 0.3 is 0 Å². The minimum absolute atomic E-state index is 0.275. The fourth-order valence-corrected chi connectivity index (χ4v) is 7.25. The lowest BCUT2D eigenvalue weighted by atomic mass is 10.1. The zero-order valence-electron chi connectivity index (χ0n) is 9.75. The van der Waals surface area contributed by atoms with Gasteiger partial charge in [0, 0.05) is 18.4 Å². The molecule has 0 bridgehead atoms. The van der Waals surface area contributed by atoms with Gasteiger partial charge in [0.1, 0.15) is 0 Å². The molecule has 0 amide bonds. The van der Waals surface area contributed by atoms with E-state index in [4.69, 9.17) is 0 Å². The summed E-state index contributed by atoms with van der Waals surface area (Å²) in [5.41, 5.74) is 0. The van der Waals surface area contributed by atoms with Crippen molar-refractivity contribution in [3.8, 4) is 0 Å². The van der Waals surface area contributed by atoms with Crippen molar-refractivity contribution in [2.24, 2.45) is 0 Å². The summed E-state index contributed by atoms with van der Waals surface area (Å²) in [5.74, 6) is 0. The third-order valence-corrected chi connectivity index (χ3v) is 8.23. The van der Waals surface area contributed by atoms with Crippen LogP contribution in [0.5, 0.6) is 0 Å². The minimum Gasteiger partial charge on any atom is -0.122 e. The van der Waals surface area contributed by atoms with Crippen LogP contribution in [-0.2, 0) is 0 Å². The van der Waals surface area contributed by atoms with Crippen molar-refractivity contribution in [2.75, 3.05) is 0 Å². The van der Waals surface area contributed by atoms with Gasteiger partial charge < -0.3 is 0 Å². The molecule has 0 N–H and O–H groups in total. The molecule has 0 fully saturated rings. The first-order valence-electron chi connectivity index (χ1n) is 6.08. The highest BCUT2D eigenvalue weighted by molar-refractivity contribution is 14.2. The Hall–Kier alpha value is 0.780. The maximum absolute atomic E-state index is 2.47. The Bertz CT molecular complexity index is 318. The van der Waals surface area contributed by atoms with E-state index < -0.39 is 0 Å². The first kappa shape index (κ1) is 13.2. The zero-order valence-corrected chi connectivity index (χ0v) is 13.5. The predicted molar refractivity (Wildman–Crippen MR) is 88.6 cm³/mol. The van der Waals surface area contributed by atoms with Crippen molar-refractivity contribution in [3.05, 3.63) is 20.0 Å². The van der Waals surface area contributed by atoms with Gasteiger partial charge in [-0.05, 0) is 16.9 Å². The molecule has 0 aromatic carbocycles. The van der Waals surface area contributed by atoms with Gasteiger partial charge in [-0.3, -0.25) is 0 Å². The van der Waals surface area contributed by atoms with Crippen LogP contribution in [0.4, 0.5) is 0 Å². The Balaban J connectivity index is 1.66. The Morgan fingerprint density at radius 2 is 2.25 bits per heavy atom. The van der Waals surface area contributed by atoms with E-state index in [0.717, 1.165) is 5.25 Å². The Labute approximate surface area is 117 Å². The van der Waals surface area contributed by atoms with Gasteiger partial charge in [0.15, 0.2) is 0 Å². The third-order valence-electron chi connectivity index (χ3n) is 2.87. The molecular formula is C13H19IS2. The van der Waals surface area contributed by atoms with Crippen LogP contribution in [0.2, 0.25) is 0 Å². The van der Waals surface area contributed by atoms with E-state index in [1.54, 1.807) is 9.81 Å². The summed E-state index contributed by atoms with van der Waals surface area (Å²) in [6, 6.07) is 0. The predicted octanol–water partition coefficient (Wildman–Crippen LogP) is 5.66. The summed E-state index contributed by atoms with van der Waals surface area (Å²) in [6.07, 6.45) is 10.8. The van der Waals surface area contributed by atoms with E-state index in [0.29, 0.717) is 0 Å². The molecule has 0 aromatic heterocycles. The minimum atomic E-state index is 0.275. The average Bonchev–Trinajstić information content (AvgIpc) is 2.94. The van der Waals surface area contributed by atoms with Gasteiger partial charge in [-0.15, -0.1) is 11.8 Å². The normalized spacial score (nSPS) is 24.2. The molecular weight excluding hydrogens is 347 g/mol. The van der Waals surface area contributed by atoms with Crippen molar-refractivity contribution in [1.29, 1.82) is 0 Å². The van der Waals surface area contributed by atoms with Crippen LogP contribution in [0.25, 0.3) is 0 Å². The molecule has 0 nitrogen and oxygen atoms in total. The first-order chi connectivity index (χ1) is 7.90. The quantitative estimate of drug-likeness (QED) is 0.439. The van der Waals surface area contributed by atoms with Crippen molar-refractivity contribution in [3.63, 3.8) is 0 Å². The number of hydrogen-bond acceptors (Lipinski definition) is 2. The zero-order chi connectivity index (χ0) is 11.2. The van der Waals surface area contributed by atoms with Gasteiger partial charge in [-0.25, -0.2) is 0 Å². The molecule has 1 unspecified atom stereocenters. The lowest BCUT2D eigenvalue weighted by molar-refractivity contribution is 0.621. The highest BCUT2D eigenvalue weighted by atomic mass is 127. The van der Waals surface area contributed by atoms with E-state index in [-0.39, 0.29) is 20.7 Å². The molecule has 0 radical (unpaired) electrons. The van der Waals surface area contributed by atoms with Crippen LogP contribution < -0.4 is 0 Å². The van der Waals surface area contributed by atoms with Gasteiger partial charge in [0.05, 0.1) is 0 Å². The van der Waals surface area contributed by atoms with E-state index in [9.17, 15) is 0 Å². The number of thioether (sulfide) groups is 2. The summed E-state index contributed by atoms with van der Waals surface area (Å²) in [7, 11) is 0. The number of hydrogen-bond donors (Lipinski definition) is 0. The van der Waals surface area contributed by atoms with Crippen molar-refractivity contribution in [2.45, 2.75) is 50.7 Å². The molecule has 0 saturated heterocycles. The van der Waals surface area contributed by atoms with Crippen molar-refractivity contribution in [1.82, 2.24) is 0 Å². The first-order valence-corrected chi connectivity index (χ1v) is 10.3. The molecule has 2 aliphatic rings. The van der Waals surface area contributed by atoms with E-state index in [2.05, 4.69) is 32.2 Å². The summed E-state index contributed by atoms with van der Waals surface area (Å²) in [4.78, 5) is 3.15. The topological polar surface area (TPSA) is 0 Å². The summed E-state index contributed by atoms with van der Waals surface area (Å²) in [6.45, 7) is 2.29. The molecule has 3 heteroatoms. The third kappa shape index (κ3) is 3.91. The summed E-state index contributed by atoms with van der Waals surface area (Å²) < 4.78 is 4.88. The van der Waals surface area contributed by atoms with Crippen LogP contribution in [0.15, 0.2) is 20.0 Å². The molecule has 0 aromatic rings. The van der Waals surface area contributed by atoms with Gasteiger partial charge in [0.2, 0.25) is 0 Å². The number of allylic oxidation sites excluding steroid dienone is 1. The van der Waals surface area contributed by atoms with Gasteiger partial charge in [-0.1, -0.05) is 71.2 Å². The maximum atomic E-state index is 2.47. The van der Waals surface area contributed by atoms with Crippen LogP contribution in [0.3, 0.4) is 0 Å². The van der Waals surface area contributed by atoms with E-state index in [1.807, 2.05) is 11.8 Å². The Morgan fingerprint density at radius 1 is 1.31 bits per heavy atom. The summed E-state index contributed by atoms with van der Waals surface area (Å²) >= 11 is 4.38. The fourth-order valence-electron chi connectivity index (χ4n) is 1.94. The van der Waals surface area contributed by atoms with Gasteiger partial charge in [-0.2, -0.15) is 0 Å². The molecule has 1 atom stereocenters. The molecule has 2 heterocycles. The summed E-state index contributed by atoms with van der Waals surface area (Å²) in [5, 5.41) is 0.882. The smallest absolute Gasteiger partial charge is 0.0310 e. The second kappa shape index (κ2) is 7.27.